The van der Waals surface area contributed by atoms with Gasteiger partial charge < -0.3 is 0 Å². The molecular weight excluding hydrogens is 160 g/mol. The molecule has 3 heteroatoms. The lowest BCUT2D eigenvalue weighted by Gasteiger charge is -1.97. The summed E-state index contributed by atoms with van der Waals surface area (Å²) in [6.45, 7) is 1.80. The van der Waals surface area contributed by atoms with Crippen LogP contribution in [0, 0.1) is 18.3 Å². The van der Waals surface area contributed by atoms with E-state index in [-0.39, 0.29) is 0 Å². The first-order chi connectivity index (χ1) is 5.27. The molecule has 1 heterocycles. The molecule has 1 aromatic heterocycles. The monoisotopic (exact) mass is 166 g/mol. The van der Waals surface area contributed by atoms with Gasteiger partial charge in [0.05, 0.1) is 22.8 Å². The van der Waals surface area contributed by atoms with Gasteiger partial charge in [0.15, 0.2) is 0 Å². The van der Waals surface area contributed by atoms with E-state index in [4.69, 9.17) is 16.9 Å². The normalized spacial score (nSPS) is 9.18. The van der Waals surface area contributed by atoms with Crippen LogP contribution in [0.15, 0.2) is 12.1 Å². The van der Waals surface area contributed by atoms with E-state index < -0.39 is 0 Å². The maximum atomic E-state index is 8.56. The van der Waals surface area contributed by atoms with Gasteiger partial charge in [-0.25, -0.2) is 0 Å². The standard InChI is InChI=1S/C8H7ClN2/c1-6-7(5-10)2-3-8(4-9)11-6/h2-3H,4H2,1H3. The van der Waals surface area contributed by atoms with Crippen molar-refractivity contribution >= 4 is 11.6 Å². The third-order valence-electron chi connectivity index (χ3n) is 1.40. The van der Waals surface area contributed by atoms with Crippen LogP contribution >= 0.6 is 11.6 Å². The summed E-state index contributed by atoms with van der Waals surface area (Å²) in [7, 11) is 0. The van der Waals surface area contributed by atoms with Crippen LogP contribution in [0.25, 0.3) is 0 Å². The summed E-state index contributed by atoms with van der Waals surface area (Å²) in [4.78, 5) is 4.11. The Kier molecular flexibility index (Phi) is 2.45. The van der Waals surface area contributed by atoms with Crippen molar-refractivity contribution in [2.75, 3.05) is 0 Å². The maximum Gasteiger partial charge on any atom is 0.101 e. The van der Waals surface area contributed by atoms with Crippen molar-refractivity contribution in [1.29, 1.82) is 5.26 Å². The van der Waals surface area contributed by atoms with E-state index in [0.29, 0.717) is 11.4 Å². The number of nitrogens with zero attached hydrogens (tertiary/aromatic N) is 2. The smallest absolute Gasteiger partial charge is 0.101 e. The minimum atomic E-state index is 0.395. The number of rotatable bonds is 1. The van der Waals surface area contributed by atoms with Crippen LogP contribution < -0.4 is 0 Å². The number of hydrogen-bond acceptors (Lipinski definition) is 2. The van der Waals surface area contributed by atoms with Crippen molar-refractivity contribution in [2.24, 2.45) is 0 Å². The Morgan fingerprint density at radius 2 is 2.36 bits per heavy atom. The Morgan fingerprint density at radius 3 is 2.82 bits per heavy atom. The molecule has 0 fully saturated rings. The Bertz CT molecular complexity index is 301. The molecule has 0 aromatic carbocycles. The van der Waals surface area contributed by atoms with E-state index >= 15 is 0 Å². The van der Waals surface area contributed by atoms with E-state index in [2.05, 4.69) is 4.98 Å². The van der Waals surface area contributed by atoms with Gasteiger partial charge >= 0.3 is 0 Å². The first-order valence-electron chi connectivity index (χ1n) is 3.20. The minimum Gasteiger partial charge on any atom is -0.256 e. The van der Waals surface area contributed by atoms with Crippen molar-refractivity contribution in [1.82, 2.24) is 4.98 Å². The first kappa shape index (κ1) is 8.03. The molecular formula is C8H7ClN2. The SMILES string of the molecule is Cc1nc(CCl)ccc1C#N. The molecule has 56 valence electrons. The van der Waals surface area contributed by atoms with Gasteiger partial charge in [-0.05, 0) is 19.1 Å². The number of hydrogen-bond donors (Lipinski definition) is 0. The van der Waals surface area contributed by atoms with Gasteiger partial charge in [-0.15, -0.1) is 11.6 Å². The van der Waals surface area contributed by atoms with Crippen LogP contribution in [0.1, 0.15) is 17.0 Å². The van der Waals surface area contributed by atoms with E-state index in [0.717, 1.165) is 11.4 Å². The molecule has 1 aromatic rings. The van der Waals surface area contributed by atoms with E-state index in [1.54, 1.807) is 19.1 Å². The minimum absolute atomic E-state index is 0.395. The molecule has 0 bridgehead atoms. The summed E-state index contributed by atoms with van der Waals surface area (Å²) >= 11 is 5.55. The summed E-state index contributed by atoms with van der Waals surface area (Å²) in [5.41, 5.74) is 2.16. The quantitative estimate of drug-likeness (QED) is 0.599. The topological polar surface area (TPSA) is 36.7 Å². The van der Waals surface area contributed by atoms with E-state index in [1.807, 2.05) is 6.07 Å². The van der Waals surface area contributed by atoms with Crippen LogP contribution in [0.3, 0.4) is 0 Å². The molecule has 0 radical (unpaired) electrons. The number of halogens is 1. The van der Waals surface area contributed by atoms with Crippen LogP contribution in [-0.2, 0) is 5.88 Å². The average molecular weight is 167 g/mol. The summed E-state index contributed by atoms with van der Waals surface area (Å²) in [6, 6.07) is 5.54. The molecule has 0 aliphatic carbocycles. The van der Waals surface area contributed by atoms with Crippen LogP contribution in [-0.4, -0.2) is 4.98 Å². The maximum absolute atomic E-state index is 8.56. The molecule has 11 heavy (non-hydrogen) atoms. The summed E-state index contributed by atoms with van der Waals surface area (Å²) in [5.74, 6) is 0.395. The van der Waals surface area contributed by atoms with Gasteiger partial charge in [0.1, 0.15) is 6.07 Å². The van der Waals surface area contributed by atoms with Crippen LogP contribution in [0.5, 0.6) is 0 Å². The highest BCUT2D eigenvalue weighted by Gasteiger charge is 1.98. The average Bonchev–Trinajstić information content (AvgIpc) is 2.04. The van der Waals surface area contributed by atoms with Gasteiger partial charge in [0.2, 0.25) is 0 Å². The molecule has 0 saturated heterocycles. The molecule has 0 aliphatic rings. The second-order valence-corrected chi connectivity index (χ2v) is 2.45. The van der Waals surface area contributed by atoms with Gasteiger partial charge in [0.25, 0.3) is 0 Å². The Morgan fingerprint density at radius 1 is 1.64 bits per heavy atom. The van der Waals surface area contributed by atoms with Crippen molar-refractivity contribution in [2.45, 2.75) is 12.8 Å². The summed E-state index contributed by atoms with van der Waals surface area (Å²) in [5, 5.41) is 8.56. The molecule has 0 unspecified atom stereocenters. The molecule has 0 atom stereocenters. The number of aryl methyl sites for hydroxylation is 1. The fraction of sp³-hybridized carbons (Fsp3) is 0.250. The van der Waals surface area contributed by atoms with E-state index in [9.17, 15) is 0 Å². The second kappa shape index (κ2) is 3.36. The second-order valence-electron chi connectivity index (χ2n) is 2.18. The number of pyridine rings is 1. The molecule has 1 rings (SSSR count). The zero-order chi connectivity index (χ0) is 8.27. The zero-order valence-electron chi connectivity index (χ0n) is 6.13. The first-order valence-corrected chi connectivity index (χ1v) is 3.74. The highest BCUT2D eigenvalue weighted by atomic mass is 35.5. The van der Waals surface area contributed by atoms with Crippen LogP contribution in [0.2, 0.25) is 0 Å². The zero-order valence-corrected chi connectivity index (χ0v) is 6.89. The van der Waals surface area contributed by atoms with Crippen molar-refractivity contribution in [3.63, 3.8) is 0 Å². The fourth-order valence-electron chi connectivity index (χ4n) is 0.806. The van der Waals surface area contributed by atoms with E-state index in [1.165, 1.54) is 0 Å². The van der Waals surface area contributed by atoms with Gasteiger partial charge in [0, 0.05) is 0 Å². The molecule has 0 amide bonds. The molecule has 0 N–H and O–H groups in total. The van der Waals surface area contributed by atoms with Crippen LogP contribution in [0.4, 0.5) is 0 Å². The highest BCUT2D eigenvalue weighted by Crippen LogP contribution is 2.06. The fourth-order valence-corrected chi connectivity index (χ4v) is 0.954. The van der Waals surface area contributed by atoms with Gasteiger partial charge in [-0.2, -0.15) is 5.26 Å². The van der Waals surface area contributed by atoms with Gasteiger partial charge in [-0.1, -0.05) is 0 Å². The molecule has 0 saturated carbocycles. The van der Waals surface area contributed by atoms with Crippen molar-refractivity contribution in [3.8, 4) is 6.07 Å². The van der Waals surface area contributed by atoms with Crippen molar-refractivity contribution < 1.29 is 0 Å². The Hall–Kier alpha value is -1.07. The third kappa shape index (κ3) is 1.69. The Balaban J connectivity index is 3.12. The highest BCUT2D eigenvalue weighted by molar-refractivity contribution is 6.16. The molecule has 2 nitrogen and oxygen atoms in total. The summed E-state index contributed by atoms with van der Waals surface area (Å²) < 4.78 is 0. The number of nitriles is 1. The molecule has 0 spiro atoms. The summed E-state index contributed by atoms with van der Waals surface area (Å²) in [6.07, 6.45) is 0. The predicted molar refractivity (Wildman–Crippen MR) is 43.2 cm³/mol. The van der Waals surface area contributed by atoms with Crippen molar-refractivity contribution in [3.05, 3.63) is 29.1 Å². The Labute approximate surface area is 70.4 Å². The number of aromatic nitrogens is 1. The van der Waals surface area contributed by atoms with Gasteiger partial charge in [-0.3, -0.25) is 4.98 Å². The lowest BCUT2D eigenvalue weighted by Crippen LogP contribution is -1.91. The molecule has 0 aliphatic heterocycles. The number of alkyl halides is 1. The third-order valence-corrected chi connectivity index (χ3v) is 1.67. The lowest BCUT2D eigenvalue weighted by molar-refractivity contribution is 1.09. The predicted octanol–water partition coefficient (Wildman–Crippen LogP) is 2.00. The largest absolute Gasteiger partial charge is 0.256 e. The lowest BCUT2D eigenvalue weighted by atomic mass is 10.2.